The average molecular weight is 271 g/mol. The third-order valence-corrected chi connectivity index (χ3v) is 3.50. The maximum atomic E-state index is 13.0. The third kappa shape index (κ3) is 2.74. The highest BCUT2D eigenvalue weighted by molar-refractivity contribution is 5.76. The number of likely N-dealkylation sites (tertiary alicyclic amines) is 1. The Morgan fingerprint density at radius 1 is 1.37 bits per heavy atom. The molecule has 0 spiro atoms. The Bertz CT molecular complexity index is 470. The van der Waals surface area contributed by atoms with Crippen molar-refractivity contribution in [2.45, 2.75) is 38.4 Å². The fourth-order valence-electron chi connectivity index (χ4n) is 2.64. The molecule has 0 unspecified atom stereocenters. The van der Waals surface area contributed by atoms with Crippen molar-refractivity contribution in [3.8, 4) is 0 Å². The largest absolute Gasteiger partial charge is 0.416 e. The van der Waals surface area contributed by atoms with E-state index in [4.69, 9.17) is 0 Å². The summed E-state index contributed by atoms with van der Waals surface area (Å²) in [7, 11) is 0. The van der Waals surface area contributed by atoms with Gasteiger partial charge in [0.2, 0.25) is 5.91 Å². The van der Waals surface area contributed by atoms with Crippen LogP contribution >= 0.6 is 0 Å². The molecule has 1 aliphatic rings. The Morgan fingerprint density at radius 3 is 2.68 bits per heavy atom. The van der Waals surface area contributed by atoms with E-state index in [0.29, 0.717) is 19.4 Å². The highest BCUT2D eigenvalue weighted by Crippen LogP contribution is 2.40. The molecule has 19 heavy (non-hydrogen) atoms. The molecule has 1 aliphatic heterocycles. The second-order valence-electron chi connectivity index (χ2n) is 4.68. The van der Waals surface area contributed by atoms with E-state index < -0.39 is 17.8 Å². The number of alkyl halides is 3. The molecule has 104 valence electrons. The van der Waals surface area contributed by atoms with Gasteiger partial charge in [-0.25, -0.2) is 0 Å². The van der Waals surface area contributed by atoms with E-state index in [1.165, 1.54) is 12.1 Å². The van der Waals surface area contributed by atoms with Crippen LogP contribution in [0.25, 0.3) is 0 Å². The van der Waals surface area contributed by atoms with Crippen molar-refractivity contribution in [1.29, 1.82) is 0 Å². The number of halogens is 3. The van der Waals surface area contributed by atoms with Crippen LogP contribution in [-0.2, 0) is 11.0 Å². The molecule has 1 atom stereocenters. The molecule has 1 saturated heterocycles. The first-order valence-corrected chi connectivity index (χ1v) is 6.40. The fourth-order valence-corrected chi connectivity index (χ4v) is 2.64. The molecule has 0 aromatic heterocycles. The molecule has 5 heteroatoms. The lowest BCUT2D eigenvalue weighted by Gasteiger charge is -2.27. The van der Waals surface area contributed by atoms with Gasteiger partial charge in [0.1, 0.15) is 0 Å². The van der Waals surface area contributed by atoms with E-state index >= 15 is 0 Å². The quantitative estimate of drug-likeness (QED) is 0.801. The van der Waals surface area contributed by atoms with E-state index in [1.54, 1.807) is 17.9 Å². The molecule has 0 saturated carbocycles. The van der Waals surface area contributed by atoms with Gasteiger partial charge in [-0.2, -0.15) is 13.2 Å². The molecule has 1 amide bonds. The zero-order valence-corrected chi connectivity index (χ0v) is 10.7. The van der Waals surface area contributed by atoms with Crippen LogP contribution in [0.1, 0.15) is 43.4 Å². The van der Waals surface area contributed by atoms with Gasteiger partial charge in [0.05, 0.1) is 11.6 Å². The minimum Gasteiger partial charge on any atom is -0.336 e. The molecule has 2 rings (SSSR count). The lowest BCUT2D eigenvalue weighted by molar-refractivity contribution is -0.140. The van der Waals surface area contributed by atoms with Gasteiger partial charge in [-0.15, -0.1) is 0 Å². The third-order valence-electron chi connectivity index (χ3n) is 3.50. The van der Waals surface area contributed by atoms with Gasteiger partial charge in [0, 0.05) is 13.0 Å². The number of carbonyl (C=O) groups excluding carboxylic acids is 1. The van der Waals surface area contributed by atoms with Crippen LogP contribution in [-0.4, -0.2) is 17.4 Å². The Labute approximate surface area is 110 Å². The van der Waals surface area contributed by atoms with E-state index in [0.717, 1.165) is 12.5 Å². The first-order valence-electron chi connectivity index (χ1n) is 6.40. The summed E-state index contributed by atoms with van der Waals surface area (Å²) in [4.78, 5) is 13.4. The van der Waals surface area contributed by atoms with Gasteiger partial charge in [-0.3, -0.25) is 4.79 Å². The number of carbonyl (C=O) groups is 1. The molecule has 0 N–H and O–H groups in total. The monoisotopic (exact) mass is 271 g/mol. The highest BCUT2D eigenvalue weighted by atomic mass is 19.4. The van der Waals surface area contributed by atoms with Crippen LogP contribution < -0.4 is 0 Å². The van der Waals surface area contributed by atoms with Gasteiger partial charge in [-0.05, 0) is 24.5 Å². The summed E-state index contributed by atoms with van der Waals surface area (Å²) in [5.41, 5.74) is -0.412. The van der Waals surface area contributed by atoms with E-state index in [9.17, 15) is 18.0 Å². The van der Waals surface area contributed by atoms with Crippen LogP contribution in [0.5, 0.6) is 0 Å². The SMILES string of the molecule is CCC(=O)N1CCC[C@H]1c1ccccc1C(F)(F)F. The number of hydrogen-bond donors (Lipinski definition) is 0. The molecule has 2 nitrogen and oxygen atoms in total. The highest BCUT2D eigenvalue weighted by Gasteiger charge is 2.38. The second-order valence-corrected chi connectivity index (χ2v) is 4.68. The van der Waals surface area contributed by atoms with E-state index in [2.05, 4.69) is 0 Å². The number of amides is 1. The van der Waals surface area contributed by atoms with E-state index in [1.807, 2.05) is 0 Å². The number of nitrogens with zero attached hydrogens (tertiary/aromatic N) is 1. The van der Waals surface area contributed by atoms with E-state index in [-0.39, 0.29) is 11.5 Å². The predicted octanol–water partition coefficient (Wildman–Crippen LogP) is 3.78. The molecule has 1 aromatic rings. The Balaban J connectivity index is 2.39. The minimum atomic E-state index is -4.37. The van der Waals surface area contributed by atoms with Crippen molar-refractivity contribution in [3.05, 3.63) is 35.4 Å². The van der Waals surface area contributed by atoms with Crippen molar-refractivity contribution in [2.24, 2.45) is 0 Å². The van der Waals surface area contributed by atoms with Gasteiger partial charge < -0.3 is 4.90 Å². The van der Waals surface area contributed by atoms with Crippen LogP contribution in [0.2, 0.25) is 0 Å². The van der Waals surface area contributed by atoms with Crippen molar-refractivity contribution in [3.63, 3.8) is 0 Å². The lowest BCUT2D eigenvalue weighted by Crippen LogP contribution is -2.30. The van der Waals surface area contributed by atoms with Crippen molar-refractivity contribution >= 4 is 5.91 Å². The number of benzene rings is 1. The Kier molecular flexibility index (Phi) is 3.83. The standard InChI is InChI=1S/C14H16F3NO/c1-2-13(19)18-9-5-8-12(18)10-6-3-4-7-11(10)14(15,16)17/h3-4,6-7,12H,2,5,8-9H2,1H3/t12-/m0/s1. The average Bonchev–Trinajstić information content (AvgIpc) is 2.86. The maximum Gasteiger partial charge on any atom is 0.416 e. The zero-order valence-electron chi connectivity index (χ0n) is 10.7. The molecular weight excluding hydrogens is 255 g/mol. The summed E-state index contributed by atoms with van der Waals surface area (Å²) in [6.45, 7) is 2.27. The first kappa shape index (κ1) is 13.9. The summed E-state index contributed by atoms with van der Waals surface area (Å²) in [5.74, 6) is -0.0838. The van der Waals surface area contributed by atoms with Crippen molar-refractivity contribution < 1.29 is 18.0 Å². The summed E-state index contributed by atoms with van der Waals surface area (Å²) in [6, 6.07) is 5.10. The minimum absolute atomic E-state index is 0.0838. The van der Waals surface area contributed by atoms with Crippen LogP contribution in [0.15, 0.2) is 24.3 Å². The normalized spacial score (nSPS) is 19.8. The summed E-state index contributed by atoms with van der Waals surface area (Å²) in [6.07, 6.45) is -2.70. The molecule has 0 aliphatic carbocycles. The lowest BCUT2D eigenvalue weighted by atomic mass is 9.98. The molecule has 0 bridgehead atoms. The molecule has 1 aromatic carbocycles. The Hall–Kier alpha value is -1.52. The molecule has 1 heterocycles. The van der Waals surface area contributed by atoms with Gasteiger partial charge >= 0.3 is 6.18 Å². The Morgan fingerprint density at radius 2 is 2.05 bits per heavy atom. The van der Waals surface area contributed by atoms with Crippen molar-refractivity contribution in [2.75, 3.05) is 6.54 Å². The smallest absolute Gasteiger partial charge is 0.336 e. The maximum absolute atomic E-state index is 13.0. The molecular formula is C14H16F3NO. The molecule has 0 radical (unpaired) electrons. The zero-order chi connectivity index (χ0) is 14.0. The van der Waals surface area contributed by atoms with Gasteiger partial charge in [0.25, 0.3) is 0 Å². The van der Waals surface area contributed by atoms with Crippen LogP contribution in [0.3, 0.4) is 0 Å². The molecule has 1 fully saturated rings. The number of hydrogen-bond acceptors (Lipinski definition) is 1. The topological polar surface area (TPSA) is 20.3 Å². The fraction of sp³-hybridized carbons (Fsp3) is 0.500. The number of rotatable bonds is 2. The summed E-state index contributed by atoms with van der Waals surface area (Å²) < 4.78 is 39.0. The predicted molar refractivity (Wildman–Crippen MR) is 65.4 cm³/mol. The summed E-state index contributed by atoms with van der Waals surface area (Å²) >= 11 is 0. The second kappa shape index (κ2) is 5.23. The first-order chi connectivity index (χ1) is 8.95. The van der Waals surface area contributed by atoms with Gasteiger partial charge in [0.15, 0.2) is 0 Å². The van der Waals surface area contributed by atoms with Crippen LogP contribution in [0, 0.1) is 0 Å². The van der Waals surface area contributed by atoms with Gasteiger partial charge in [-0.1, -0.05) is 25.1 Å². The van der Waals surface area contributed by atoms with Crippen molar-refractivity contribution in [1.82, 2.24) is 4.90 Å². The summed E-state index contributed by atoms with van der Waals surface area (Å²) in [5, 5.41) is 0. The van der Waals surface area contributed by atoms with Crippen LogP contribution in [0.4, 0.5) is 13.2 Å².